The second kappa shape index (κ2) is 11.1. The first-order valence-electron chi connectivity index (χ1n) is 8.87. The summed E-state index contributed by atoms with van der Waals surface area (Å²) in [5, 5.41) is 11.2. The molecule has 0 unspecified atom stereocenters. The second-order valence-corrected chi connectivity index (χ2v) is 6.82. The van der Waals surface area contributed by atoms with Crippen LogP contribution in [0.15, 0.2) is 48.5 Å². The van der Waals surface area contributed by atoms with Crippen LogP contribution in [0.3, 0.4) is 0 Å². The summed E-state index contributed by atoms with van der Waals surface area (Å²) in [7, 11) is 0. The molecule has 2 rings (SSSR count). The molecule has 0 aliphatic heterocycles. The number of hydrogen-bond acceptors (Lipinski definition) is 5. The van der Waals surface area contributed by atoms with Gasteiger partial charge in [-0.15, -0.1) is 0 Å². The van der Waals surface area contributed by atoms with Gasteiger partial charge < -0.3 is 20.7 Å². The van der Waals surface area contributed by atoms with E-state index in [1.807, 2.05) is 24.3 Å². The molecule has 0 radical (unpaired) electrons. The number of anilines is 2. The largest absolute Gasteiger partial charge is 0.484 e. The predicted molar refractivity (Wildman–Crippen MR) is 122 cm³/mol. The molecule has 0 fully saturated rings. The Kier molecular flexibility index (Phi) is 8.50. The molecule has 29 heavy (non-hydrogen) atoms. The Bertz CT molecular complexity index is 884. The van der Waals surface area contributed by atoms with Gasteiger partial charge in [-0.25, -0.2) is 0 Å². The lowest BCUT2D eigenvalue weighted by molar-refractivity contribution is -0.121. The van der Waals surface area contributed by atoms with Crippen LogP contribution in [0, 0.1) is 0 Å². The maximum absolute atomic E-state index is 12.0. The number of thiocarbonyl (C=S) groups is 2. The van der Waals surface area contributed by atoms with Crippen molar-refractivity contribution in [1.29, 1.82) is 0 Å². The highest BCUT2D eigenvalue weighted by Gasteiger charge is 2.07. The number of aryl methyl sites for hydroxylation is 1. The lowest BCUT2D eigenvalue weighted by Crippen LogP contribution is -2.37. The zero-order valence-electron chi connectivity index (χ0n) is 16.1. The van der Waals surface area contributed by atoms with Crippen LogP contribution >= 0.6 is 24.4 Å². The minimum atomic E-state index is -0.360. The van der Waals surface area contributed by atoms with Crippen molar-refractivity contribution in [2.45, 2.75) is 20.3 Å². The number of ether oxygens (including phenoxy) is 1. The Morgan fingerprint density at radius 1 is 0.862 bits per heavy atom. The van der Waals surface area contributed by atoms with Crippen LogP contribution in [0.4, 0.5) is 11.4 Å². The molecule has 0 aliphatic rings. The van der Waals surface area contributed by atoms with Gasteiger partial charge in [-0.05, 0) is 72.8 Å². The summed E-state index contributed by atoms with van der Waals surface area (Å²) in [6, 6.07) is 14.6. The number of carbonyl (C=O) groups excluding carboxylic acids is 2. The third-order valence-electron chi connectivity index (χ3n) is 3.64. The maximum Gasteiger partial charge on any atom is 0.264 e. The van der Waals surface area contributed by atoms with Gasteiger partial charge in [0.05, 0.1) is 0 Å². The molecule has 9 heteroatoms. The van der Waals surface area contributed by atoms with E-state index in [2.05, 4.69) is 28.2 Å². The first-order valence-corrected chi connectivity index (χ1v) is 9.68. The molecule has 0 atom stereocenters. The van der Waals surface area contributed by atoms with Gasteiger partial charge in [-0.1, -0.05) is 19.1 Å². The third kappa shape index (κ3) is 8.24. The van der Waals surface area contributed by atoms with Gasteiger partial charge in [0.1, 0.15) is 5.75 Å². The fourth-order valence-electron chi connectivity index (χ4n) is 2.25. The molecule has 0 saturated carbocycles. The number of rotatable bonds is 6. The first kappa shape index (κ1) is 22.3. The quantitative estimate of drug-likeness (QED) is 0.524. The lowest BCUT2D eigenvalue weighted by Gasteiger charge is -2.12. The van der Waals surface area contributed by atoms with Crippen molar-refractivity contribution in [1.82, 2.24) is 10.6 Å². The van der Waals surface area contributed by atoms with Crippen molar-refractivity contribution in [3.05, 3.63) is 54.1 Å². The number of benzene rings is 2. The number of nitrogens with one attached hydrogen (secondary N) is 4. The van der Waals surface area contributed by atoms with E-state index in [4.69, 9.17) is 29.2 Å². The van der Waals surface area contributed by atoms with Crippen molar-refractivity contribution in [3.8, 4) is 5.75 Å². The molecule has 0 heterocycles. The predicted octanol–water partition coefficient (Wildman–Crippen LogP) is 2.97. The zero-order valence-corrected chi connectivity index (χ0v) is 17.7. The molecule has 0 saturated heterocycles. The molecular weight excluding hydrogens is 408 g/mol. The summed E-state index contributed by atoms with van der Waals surface area (Å²) in [4.78, 5) is 22.9. The summed E-state index contributed by atoms with van der Waals surface area (Å²) >= 11 is 10.1. The molecule has 0 bridgehead atoms. The van der Waals surface area contributed by atoms with Gasteiger partial charge in [0.25, 0.3) is 5.91 Å². The summed E-state index contributed by atoms with van der Waals surface area (Å²) in [6.45, 7) is 3.31. The standard InChI is InChI=1S/C20H22N4O3S2/c1-3-14-4-10-17(11-5-14)27-12-18(26)24-20(29)23-16-8-6-15(7-9-16)22-19(28)21-13(2)25/h4-11H,3,12H2,1-2H3,(H2,21,22,25,28)(H2,23,24,26,29). The molecule has 2 aromatic rings. The summed E-state index contributed by atoms with van der Waals surface area (Å²) in [6.07, 6.45) is 0.944. The number of carbonyl (C=O) groups is 2. The normalized spacial score (nSPS) is 9.86. The minimum absolute atomic E-state index is 0.142. The fraction of sp³-hybridized carbons (Fsp3) is 0.200. The van der Waals surface area contributed by atoms with Crippen LogP contribution in [-0.2, 0) is 16.0 Å². The van der Waals surface area contributed by atoms with Crippen LogP contribution in [0.1, 0.15) is 19.4 Å². The minimum Gasteiger partial charge on any atom is -0.484 e. The fourth-order valence-corrected chi connectivity index (χ4v) is 2.75. The second-order valence-electron chi connectivity index (χ2n) is 6.00. The molecule has 0 aromatic heterocycles. The van der Waals surface area contributed by atoms with E-state index in [0.717, 1.165) is 6.42 Å². The zero-order chi connectivity index (χ0) is 21.2. The molecule has 4 N–H and O–H groups in total. The third-order valence-corrected chi connectivity index (χ3v) is 4.05. The Balaban J connectivity index is 1.76. The number of amides is 2. The van der Waals surface area contributed by atoms with E-state index in [1.165, 1.54) is 12.5 Å². The Labute approximate surface area is 180 Å². The average Bonchev–Trinajstić information content (AvgIpc) is 2.67. The van der Waals surface area contributed by atoms with Crippen LogP contribution in [-0.4, -0.2) is 28.6 Å². The van der Waals surface area contributed by atoms with Gasteiger partial charge in [0.15, 0.2) is 16.8 Å². The molecule has 7 nitrogen and oxygen atoms in total. The van der Waals surface area contributed by atoms with Gasteiger partial charge >= 0.3 is 0 Å². The van der Waals surface area contributed by atoms with E-state index in [-0.39, 0.29) is 28.6 Å². The first-order chi connectivity index (χ1) is 13.9. The van der Waals surface area contributed by atoms with Gasteiger partial charge in [-0.2, -0.15) is 0 Å². The highest BCUT2D eigenvalue weighted by atomic mass is 32.1. The monoisotopic (exact) mass is 430 g/mol. The van der Waals surface area contributed by atoms with E-state index >= 15 is 0 Å². The highest BCUT2D eigenvalue weighted by Crippen LogP contribution is 2.14. The van der Waals surface area contributed by atoms with Crippen molar-refractivity contribution < 1.29 is 14.3 Å². The van der Waals surface area contributed by atoms with Crippen molar-refractivity contribution in [3.63, 3.8) is 0 Å². The number of hydrogen-bond donors (Lipinski definition) is 4. The van der Waals surface area contributed by atoms with E-state index in [1.54, 1.807) is 24.3 Å². The topological polar surface area (TPSA) is 91.5 Å². The summed E-state index contributed by atoms with van der Waals surface area (Å²) in [5.41, 5.74) is 2.58. The molecular formula is C20H22N4O3S2. The Morgan fingerprint density at radius 2 is 1.38 bits per heavy atom. The van der Waals surface area contributed by atoms with E-state index in [9.17, 15) is 9.59 Å². The van der Waals surface area contributed by atoms with Crippen LogP contribution in [0.2, 0.25) is 0 Å². The summed E-state index contributed by atoms with van der Waals surface area (Å²) < 4.78 is 5.45. The SMILES string of the molecule is CCc1ccc(OCC(=O)NC(=S)Nc2ccc(NC(=S)NC(C)=O)cc2)cc1. The maximum atomic E-state index is 12.0. The molecule has 0 aliphatic carbocycles. The highest BCUT2D eigenvalue weighted by molar-refractivity contribution is 7.80. The average molecular weight is 431 g/mol. The Hall–Kier alpha value is -3.04. The van der Waals surface area contributed by atoms with E-state index in [0.29, 0.717) is 17.1 Å². The molecule has 0 spiro atoms. The van der Waals surface area contributed by atoms with E-state index < -0.39 is 0 Å². The van der Waals surface area contributed by atoms with Crippen molar-refractivity contribution in [2.24, 2.45) is 0 Å². The van der Waals surface area contributed by atoms with Gasteiger partial charge in [0, 0.05) is 18.3 Å². The van der Waals surface area contributed by atoms with Crippen LogP contribution < -0.4 is 26.0 Å². The molecule has 2 aromatic carbocycles. The summed E-state index contributed by atoms with van der Waals surface area (Å²) in [5.74, 6) is 0.0151. The van der Waals surface area contributed by atoms with Crippen LogP contribution in [0.5, 0.6) is 5.75 Å². The lowest BCUT2D eigenvalue weighted by atomic mass is 10.2. The van der Waals surface area contributed by atoms with Crippen molar-refractivity contribution in [2.75, 3.05) is 17.2 Å². The van der Waals surface area contributed by atoms with Crippen LogP contribution in [0.25, 0.3) is 0 Å². The van der Waals surface area contributed by atoms with Crippen molar-refractivity contribution >= 4 is 57.8 Å². The van der Waals surface area contributed by atoms with Gasteiger partial charge in [0.2, 0.25) is 5.91 Å². The molecule has 2 amide bonds. The Morgan fingerprint density at radius 3 is 1.86 bits per heavy atom. The smallest absolute Gasteiger partial charge is 0.264 e. The van der Waals surface area contributed by atoms with Gasteiger partial charge in [-0.3, -0.25) is 14.9 Å². The molecule has 152 valence electrons.